The monoisotopic (exact) mass is 371 g/mol. The average Bonchev–Trinajstić information content (AvgIpc) is 3.10. The van der Waals surface area contributed by atoms with Crippen molar-refractivity contribution in [3.8, 4) is 23.3 Å². The summed E-state index contributed by atoms with van der Waals surface area (Å²) in [5, 5.41) is 15.2. The fraction of sp³-hybridized carbons (Fsp3) is 0.111. The van der Waals surface area contributed by atoms with Gasteiger partial charge in [0.25, 0.3) is 5.91 Å². The lowest BCUT2D eigenvalue weighted by atomic mass is 10.2. The number of carbonyl (C=O) groups excluding carboxylic acids is 1. The molecule has 0 aliphatic carbocycles. The Bertz CT molecular complexity index is 921. The van der Waals surface area contributed by atoms with Gasteiger partial charge in [0.1, 0.15) is 17.4 Å². The van der Waals surface area contributed by atoms with E-state index in [1.54, 1.807) is 36.4 Å². The number of hydrogen-bond donors (Lipinski definition) is 2. The Morgan fingerprint density at radius 3 is 2.85 bits per heavy atom. The maximum absolute atomic E-state index is 12.3. The van der Waals surface area contributed by atoms with Gasteiger partial charge in [0.05, 0.1) is 12.8 Å². The number of fused-ring (bicyclic) bond motifs is 1. The van der Waals surface area contributed by atoms with Gasteiger partial charge in [0, 0.05) is 23.0 Å². The molecule has 0 atom stereocenters. The molecule has 1 aliphatic rings. The van der Waals surface area contributed by atoms with E-state index in [9.17, 15) is 10.1 Å². The molecule has 0 fully saturated rings. The van der Waals surface area contributed by atoms with Crippen LogP contribution in [0, 0.1) is 11.3 Å². The molecule has 0 aromatic heterocycles. The first-order chi connectivity index (χ1) is 12.6. The number of methoxy groups -OCH3 is 1. The third-order valence-electron chi connectivity index (χ3n) is 3.53. The van der Waals surface area contributed by atoms with Crippen LogP contribution in [0.1, 0.15) is 0 Å². The smallest absolute Gasteiger partial charge is 0.267 e. The van der Waals surface area contributed by atoms with E-state index in [4.69, 9.17) is 25.8 Å². The van der Waals surface area contributed by atoms with Crippen molar-refractivity contribution in [2.24, 2.45) is 0 Å². The number of amides is 1. The van der Waals surface area contributed by atoms with Gasteiger partial charge >= 0.3 is 0 Å². The predicted molar refractivity (Wildman–Crippen MR) is 96.5 cm³/mol. The highest BCUT2D eigenvalue weighted by atomic mass is 35.5. The predicted octanol–water partition coefficient (Wildman–Crippen LogP) is 3.54. The molecule has 3 rings (SSSR count). The number of nitrogens with zero attached hydrogens (tertiary/aromatic N) is 1. The summed E-state index contributed by atoms with van der Waals surface area (Å²) in [5.74, 6) is 1.07. The lowest BCUT2D eigenvalue weighted by Gasteiger charge is -2.10. The van der Waals surface area contributed by atoms with Gasteiger partial charge in [-0.3, -0.25) is 4.79 Å². The second-order valence-electron chi connectivity index (χ2n) is 5.18. The van der Waals surface area contributed by atoms with Crippen LogP contribution < -0.4 is 24.8 Å². The van der Waals surface area contributed by atoms with Crippen LogP contribution in [0.3, 0.4) is 0 Å². The Balaban J connectivity index is 1.74. The summed E-state index contributed by atoms with van der Waals surface area (Å²) in [6.07, 6.45) is 1.31. The summed E-state index contributed by atoms with van der Waals surface area (Å²) in [6.45, 7) is 0.169. The second-order valence-corrected chi connectivity index (χ2v) is 5.62. The standard InChI is InChI=1S/C18H14ClN3O4/c1-24-15-4-2-12(19)6-14(15)22-18(23)11(8-20)9-21-13-3-5-16-17(7-13)26-10-25-16/h2-7,9,21H,10H2,1H3,(H,22,23)/b11-9-. The molecule has 0 saturated carbocycles. The van der Waals surface area contributed by atoms with Gasteiger partial charge in [-0.25, -0.2) is 0 Å². The van der Waals surface area contributed by atoms with Crippen molar-refractivity contribution in [1.29, 1.82) is 5.26 Å². The summed E-state index contributed by atoms with van der Waals surface area (Å²) < 4.78 is 15.7. The topological polar surface area (TPSA) is 92.6 Å². The molecule has 132 valence electrons. The number of rotatable bonds is 5. The molecule has 0 radical (unpaired) electrons. The van der Waals surface area contributed by atoms with E-state index in [1.807, 2.05) is 6.07 Å². The van der Waals surface area contributed by atoms with Crippen molar-refractivity contribution in [2.45, 2.75) is 0 Å². The molecular formula is C18H14ClN3O4. The van der Waals surface area contributed by atoms with E-state index in [0.717, 1.165) is 0 Å². The SMILES string of the molecule is COc1ccc(Cl)cc1NC(=O)/C(C#N)=C\Nc1ccc2c(c1)OCO2. The van der Waals surface area contributed by atoms with Gasteiger partial charge < -0.3 is 24.8 Å². The number of nitrogens with one attached hydrogen (secondary N) is 2. The molecule has 2 N–H and O–H groups in total. The minimum atomic E-state index is -0.596. The molecule has 0 saturated heterocycles. The van der Waals surface area contributed by atoms with Crippen molar-refractivity contribution in [2.75, 3.05) is 24.5 Å². The van der Waals surface area contributed by atoms with E-state index in [0.29, 0.717) is 33.6 Å². The van der Waals surface area contributed by atoms with Crippen LogP contribution in [-0.4, -0.2) is 19.8 Å². The number of anilines is 2. The van der Waals surface area contributed by atoms with Gasteiger partial charge in [-0.15, -0.1) is 0 Å². The van der Waals surface area contributed by atoms with Crippen LogP contribution in [-0.2, 0) is 4.79 Å². The van der Waals surface area contributed by atoms with Crippen molar-refractivity contribution in [3.63, 3.8) is 0 Å². The van der Waals surface area contributed by atoms with Crippen molar-refractivity contribution < 1.29 is 19.0 Å². The maximum Gasteiger partial charge on any atom is 0.267 e. The summed E-state index contributed by atoms with van der Waals surface area (Å²) in [4.78, 5) is 12.3. The number of benzene rings is 2. The van der Waals surface area contributed by atoms with E-state index in [1.165, 1.54) is 13.3 Å². The van der Waals surface area contributed by atoms with Crippen LogP contribution in [0.25, 0.3) is 0 Å². The first-order valence-electron chi connectivity index (χ1n) is 7.52. The van der Waals surface area contributed by atoms with E-state index in [-0.39, 0.29) is 12.4 Å². The van der Waals surface area contributed by atoms with Crippen LogP contribution in [0.5, 0.6) is 17.2 Å². The molecule has 1 heterocycles. The molecule has 7 nitrogen and oxygen atoms in total. The zero-order valence-corrected chi connectivity index (χ0v) is 14.5. The molecular weight excluding hydrogens is 358 g/mol. The normalized spacial score (nSPS) is 12.3. The molecule has 0 unspecified atom stereocenters. The second kappa shape index (κ2) is 7.68. The van der Waals surface area contributed by atoms with Gasteiger partial charge in [0.15, 0.2) is 11.5 Å². The fourth-order valence-electron chi connectivity index (χ4n) is 2.26. The fourth-order valence-corrected chi connectivity index (χ4v) is 2.43. The van der Waals surface area contributed by atoms with Crippen molar-refractivity contribution in [3.05, 3.63) is 53.2 Å². The first-order valence-corrected chi connectivity index (χ1v) is 7.90. The molecule has 8 heteroatoms. The molecule has 1 amide bonds. The third-order valence-corrected chi connectivity index (χ3v) is 3.77. The third kappa shape index (κ3) is 3.82. The zero-order chi connectivity index (χ0) is 18.5. The number of halogens is 1. The van der Waals surface area contributed by atoms with E-state index >= 15 is 0 Å². The molecule has 0 spiro atoms. The summed E-state index contributed by atoms with van der Waals surface area (Å²) in [7, 11) is 1.47. The number of nitriles is 1. The quantitative estimate of drug-likeness (QED) is 0.617. The highest BCUT2D eigenvalue weighted by Crippen LogP contribution is 2.34. The van der Waals surface area contributed by atoms with Crippen LogP contribution in [0.15, 0.2) is 48.2 Å². The lowest BCUT2D eigenvalue weighted by Crippen LogP contribution is -2.15. The molecule has 1 aliphatic heterocycles. The summed E-state index contributed by atoms with van der Waals surface area (Å²) in [5.41, 5.74) is 0.897. The zero-order valence-electron chi connectivity index (χ0n) is 13.7. The van der Waals surface area contributed by atoms with Gasteiger partial charge in [0.2, 0.25) is 6.79 Å². The van der Waals surface area contributed by atoms with Crippen LogP contribution in [0.2, 0.25) is 5.02 Å². The lowest BCUT2D eigenvalue weighted by molar-refractivity contribution is -0.112. The Morgan fingerprint density at radius 2 is 2.08 bits per heavy atom. The number of carbonyl (C=O) groups is 1. The maximum atomic E-state index is 12.3. The van der Waals surface area contributed by atoms with Crippen molar-refractivity contribution >= 4 is 28.9 Å². The summed E-state index contributed by atoms with van der Waals surface area (Å²) >= 11 is 5.94. The highest BCUT2D eigenvalue weighted by molar-refractivity contribution is 6.31. The molecule has 0 bridgehead atoms. The average molecular weight is 372 g/mol. The Kier molecular flexibility index (Phi) is 5.15. The van der Waals surface area contributed by atoms with Crippen LogP contribution >= 0.6 is 11.6 Å². The Morgan fingerprint density at radius 1 is 1.27 bits per heavy atom. The first kappa shape index (κ1) is 17.5. The number of ether oxygens (including phenoxy) is 3. The molecule has 26 heavy (non-hydrogen) atoms. The Labute approximate surface area is 154 Å². The van der Waals surface area contributed by atoms with E-state index in [2.05, 4.69) is 10.6 Å². The van der Waals surface area contributed by atoms with Gasteiger partial charge in [-0.1, -0.05) is 11.6 Å². The van der Waals surface area contributed by atoms with Crippen molar-refractivity contribution in [1.82, 2.24) is 0 Å². The Hall–Kier alpha value is -3.37. The molecule has 2 aromatic rings. The van der Waals surface area contributed by atoms with Gasteiger partial charge in [-0.05, 0) is 30.3 Å². The van der Waals surface area contributed by atoms with E-state index < -0.39 is 5.91 Å². The summed E-state index contributed by atoms with van der Waals surface area (Å²) in [6, 6.07) is 11.9. The minimum absolute atomic E-state index is 0.121. The largest absolute Gasteiger partial charge is 0.495 e. The van der Waals surface area contributed by atoms with Crippen LogP contribution in [0.4, 0.5) is 11.4 Å². The highest BCUT2D eigenvalue weighted by Gasteiger charge is 2.15. The molecule has 2 aromatic carbocycles. The van der Waals surface area contributed by atoms with Gasteiger partial charge in [-0.2, -0.15) is 5.26 Å². The number of hydrogen-bond acceptors (Lipinski definition) is 6. The minimum Gasteiger partial charge on any atom is -0.495 e.